The van der Waals surface area contributed by atoms with Gasteiger partial charge < -0.3 is 10.4 Å². The van der Waals surface area contributed by atoms with Crippen molar-refractivity contribution >= 4 is 17.4 Å². The lowest BCUT2D eigenvalue weighted by molar-refractivity contribution is -0.0929. The van der Waals surface area contributed by atoms with Gasteiger partial charge in [-0.25, -0.2) is 18.7 Å². The minimum Gasteiger partial charge on any atom is -0.386 e. The van der Waals surface area contributed by atoms with Crippen molar-refractivity contribution < 1.29 is 13.9 Å². The van der Waals surface area contributed by atoms with Crippen molar-refractivity contribution in [2.45, 2.75) is 25.4 Å². The van der Waals surface area contributed by atoms with Crippen molar-refractivity contribution in [2.24, 2.45) is 7.05 Å². The van der Waals surface area contributed by atoms with Gasteiger partial charge in [-0.05, 0) is 18.2 Å². The van der Waals surface area contributed by atoms with Crippen LogP contribution in [0.2, 0.25) is 0 Å². The van der Waals surface area contributed by atoms with Gasteiger partial charge in [0.05, 0.1) is 11.9 Å². The average Bonchev–Trinajstić information content (AvgIpc) is 3.27. The maximum Gasteiger partial charge on any atom is 0.271 e. The molecule has 0 aliphatic carbocycles. The Morgan fingerprint density at radius 3 is 2.76 bits per heavy atom. The number of nitrogens with zero attached hydrogens (tertiary/aromatic N) is 7. The summed E-state index contributed by atoms with van der Waals surface area (Å²) in [6, 6.07) is 7.06. The Morgan fingerprint density at radius 1 is 1.21 bits per heavy atom. The molecule has 0 saturated heterocycles. The van der Waals surface area contributed by atoms with E-state index < -0.39 is 12.0 Å². The number of fused-ring (bicyclic) bond motifs is 1. The number of aliphatic hydroxyl groups excluding tert-OH is 1. The van der Waals surface area contributed by atoms with E-state index in [1.54, 1.807) is 59.0 Å². The van der Waals surface area contributed by atoms with Crippen LogP contribution in [0.15, 0.2) is 42.9 Å². The van der Waals surface area contributed by atoms with Crippen LogP contribution < -0.4 is 5.32 Å². The second-order valence-corrected chi connectivity index (χ2v) is 6.67. The van der Waals surface area contributed by atoms with Crippen LogP contribution in [0.1, 0.15) is 12.7 Å². The van der Waals surface area contributed by atoms with E-state index in [-0.39, 0.29) is 12.2 Å². The molecular formula is C18H18F2N8O. The molecule has 9 nitrogen and oxygen atoms in total. The van der Waals surface area contributed by atoms with Gasteiger partial charge in [-0.2, -0.15) is 5.10 Å². The Bertz CT molecular complexity index is 1150. The molecule has 4 aromatic heterocycles. The van der Waals surface area contributed by atoms with Crippen molar-refractivity contribution in [3.05, 3.63) is 48.7 Å². The van der Waals surface area contributed by atoms with Gasteiger partial charge in [0.15, 0.2) is 5.65 Å². The third-order valence-corrected chi connectivity index (χ3v) is 4.45. The van der Waals surface area contributed by atoms with Gasteiger partial charge in [-0.3, -0.25) is 9.08 Å². The number of pyridine rings is 1. The van der Waals surface area contributed by atoms with Gasteiger partial charge in [0.25, 0.3) is 5.92 Å². The van der Waals surface area contributed by atoms with Crippen LogP contribution in [0.4, 0.5) is 20.5 Å². The molecule has 4 heterocycles. The van der Waals surface area contributed by atoms with E-state index in [9.17, 15) is 13.9 Å². The zero-order valence-electron chi connectivity index (χ0n) is 15.7. The lowest BCUT2D eigenvalue weighted by Crippen LogP contribution is -2.32. The van der Waals surface area contributed by atoms with Crippen LogP contribution in [0.25, 0.3) is 16.9 Å². The fourth-order valence-corrected chi connectivity index (χ4v) is 2.78. The first kappa shape index (κ1) is 18.9. The number of anilines is 2. The van der Waals surface area contributed by atoms with E-state index in [1.165, 1.54) is 0 Å². The molecule has 0 radical (unpaired) electrons. The van der Waals surface area contributed by atoms with Crippen LogP contribution in [0.3, 0.4) is 0 Å². The fraction of sp³-hybridized carbons (Fsp3) is 0.278. The van der Waals surface area contributed by atoms with Gasteiger partial charge in [0.2, 0.25) is 5.95 Å². The molecule has 150 valence electrons. The number of rotatable bonds is 6. The normalized spacial score (nSPS) is 13.0. The molecule has 1 unspecified atom stereocenters. The lowest BCUT2D eigenvalue weighted by Gasteiger charge is -2.16. The number of hydrogen-bond donors (Lipinski definition) is 2. The summed E-state index contributed by atoms with van der Waals surface area (Å²) < 4.78 is 29.7. The number of halogens is 2. The Hall–Kier alpha value is -3.47. The first-order valence-corrected chi connectivity index (χ1v) is 8.79. The molecule has 29 heavy (non-hydrogen) atoms. The fourth-order valence-electron chi connectivity index (χ4n) is 2.78. The van der Waals surface area contributed by atoms with E-state index in [2.05, 4.69) is 30.6 Å². The Balaban J connectivity index is 1.60. The van der Waals surface area contributed by atoms with Crippen molar-refractivity contribution in [3.63, 3.8) is 0 Å². The second kappa shape index (κ2) is 7.17. The maximum atomic E-state index is 13.3. The number of nitrogens with one attached hydrogen (secondary N) is 1. The minimum absolute atomic E-state index is 0.252. The van der Waals surface area contributed by atoms with E-state index >= 15 is 0 Å². The summed E-state index contributed by atoms with van der Waals surface area (Å²) in [7, 11) is 1.80. The zero-order chi connectivity index (χ0) is 20.6. The second-order valence-electron chi connectivity index (χ2n) is 6.67. The summed E-state index contributed by atoms with van der Waals surface area (Å²) in [4.78, 5) is 8.70. The van der Waals surface area contributed by atoms with Gasteiger partial charge in [-0.15, -0.1) is 10.2 Å². The third kappa shape index (κ3) is 3.90. The number of aliphatic hydroxyl groups is 1. The Kier molecular flexibility index (Phi) is 4.66. The molecule has 2 N–H and O–H groups in total. The predicted molar refractivity (Wildman–Crippen MR) is 101 cm³/mol. The average molecular weight is 400 g/mol. The molecule has 4 rings (SSSR count). The molecular weight excluding hydrogens is 382 g/mol. The van der Waals surface area contributed by atoms with Gasteiger partial charge in [-0.1, -0.05) is 0 Å². The minimum atomic E-state index is -3.22. The monoisotopic (exact) mass is 400 g/mol. The van der Waals surface area contributed by atoms with Crippen LogP contribution in [-0.4, -0.2) is 51.5 Å². The zero-order valence-corrected chi connectivity index (χ0v) is 15.7. The molecule has 1 atom stereocenters. The van der Waals surface area contributed by atoms with E-state index in [4.69, 9.17) is 0 Å². The Morgan fingerprint density at radius 2 is 2.03 bits per heavy atom. The molecule has 11 heteroatoms. The number of alkyl halides is 2. The molecule has 0 aliphatic rings. The molecule has 0 amide bonds. The smallest absolute Gasteiger partial charge is 0.271 e. The SMILES string of the molecule is Cn1nccc1Nc1nccc(-c2ccn3c(CC(O)C(C)(F)F)nnc3c2)n1. The van der Waals surface area contributed by atoms with Crippen molar-refractivity contribution in [3.8, 4) is 11.3 Å². The summed E-state index contributed by atoms with van der Waals surface area (Å²) in [5, 5.41) is 24.8. The van der Waals surface area contributed by atoms with E-state index in [0.717, 1.165) is 11.4 Å². The molecule has 0 spiro atoms. The summed E-state index contributed by atoms with van der Waals surface area (Å²) >= 11 is 0. The Labute approximate surface area is 164 Å². The van der Waals surface area contributed by atoms with E-state index in [1.807, 2.05) is 0 Å². The highest BCUT2D eigenvalue weighted by molar-refractivity contribution is 5.65. The summed E-state index contributed by atoms with van der Waals surface area (Å²) in [5.41, 5.74) is 1.87. The number of hydrogen-bond acceptors (Lipinski definition) is 7. The largest absolute Gasteiger partial charge is 0.386 e. The highest BCUT2D eigenvalue weighted by Crippen LogP contribution is 2.23. The van der Waals surface area contributed by atoms with Crippen LogP contribution >= 0.6 is 0 Å². The molecule has 0 saturated carbocycles. The van der Waals surface area contributed by atoms with Crippen molar-refractivity contribution in [1.29, 1.82) is 0 Å². The standard InChI is InChI=1S/C18H18F2N8O/c1-18(19,20)13(29)10-16-26-25-15-9-11(5-8-28(15)16)12-3-6-21-17(23-12)24-14-4-7-22-27(14)2/h3-9,13,29H,10H2,1-2H3,(H,21,23,24). The van der Waals surface area contributed by atoms with Crippen LogP contribution in [0, 0.1) is 0 Å². The highest BCUT2D eigenvalue weighted by Gasteiger charge is 2.33. The van der Waals surface area contributed by atoms with Gasteiger partial charge >= 0.3 is 0 Å². The topological polar surface area (TPSA) is 106 Å². The maximum absolute atomic E-state index is 13.3. The molecule has 0 bridgehead atoms. The molecule has 0 aliphatic heterocycles. The third-order valence-electron chi connectivity index (χ3n) is 4.45. The van der Waals surface area contributed by atoms with E-state index in [0.29, 0.717) is 24.2 Å². The predicted octanol–water partition coefficient (Wildman–Crippen LogP) is 2.22. The van der Waals surface area contributed by atoms with Gasteiger partial charge in [0.1, 0.15) is 17.7 Å². The van der Waals surface area contributed by atoms with Gasteiger partial charge in [0, 0.05) is 44.4 Å². The summed E-state index contributed by atoms with van der Waals surface area (Å²) in [5.74, 6) is -1.82. The first-order chi connectivity index (χ1) is 13.8. The molecule has 4 aromatic rings. The molecule has 0 fully saturated rings. The summed E-state index contributed by atoms with van der Waals surface area (Å²) in [6.07, 6.45) is 2.80. The molecule has 0 aromatic carbocycles. The first-order valence-electron chi connectivity index (χ1n) is 8.79. The quantitative estimate of drug-likeness (QED) is 0.511. The number of aromatic nitrogens is 7. The van der Waals surface area contributed by atoms with Crippen molar-refractivity contribution in [1.82, 2.24) is 34.3 Å². The van der Waals surface area contributed by atoms with Crippen molar-refractivity contribution in [2.75, 3.05) is 5.32 Å². The number of aryl methyl sites for hydroxylation is 1. The van der Waals surface area contributed by atoms with Crippen LogP contribution in [0.5, 0.6) is 0 Å². The highest BCUT2D eigenvalue weighted by atomic mass is 19.3. The lowest BCUT2D eigenvalue weighted by atomic mass is 10.1. The summed E-state index contributed by atoms with van der Waals surface area (Å²) in [6.45, 7) is 0.672. The van der Waals surface area contributed by atoms with Crippen LogP contribution in [-0.2, 0) is 13.5 Å².